The predicted molar refractivity (Wildman–Crippen MR) is 192 cm³/mol. The second-order valence-electron chi connectivity index (χ2n) is 14.0. The van der Waals surface area contributed by atoms with E-state index >= 15 is 0 Å². The van der Waals surface area contributed by atoms with Crippen LogP contribution in [0.1, 0.15) is 45.2 Å². The third-order valence-electron chi connectivity index (χ3n) is 9.59. The van der Waals surface area contributed by atoms with E-state index in [1.54, 1.807) is 13.8 Å². The molecular formula is C35H42N6O12S. The van der Waals surface area contributed by atoms with Crippen molar-refractivity contribution in [2.24, 2.45) is 17.6 Å². The minimum atomic E-state index is -0.968. The Kier molecular flexibility index (Phi) is 12.1. The Balaban J connectivity index is 1.36. The molecule has 0 spiro atoms. The average molecular weight is 771 g/mol. The van der Waals surface area contributed by atoms with Gasteiger partial charge < -0.3 is 40.2 Å². The predicted octanol–water partition coefficient (Wildman–Crippen LogP) is 3.59. The lowest BCUT2D eigenvalue weighted by molar-refractivity contribution is -0.385. The number of nitro benzene ring substituents is 2. The Bertz CT molecular complexity index is 1820. The highest BCUT2D eigenvalue weighted by atomic mass is 32.2. The number of β-lactam (4-membered cyclic amide) rings is 1. The number of likely N-dealkylation sites (tertiary alicyclic amines) is 1. The molecule has 4 amide bonds. The topological polar surface area (TPSA) is 247 Å². The van der Waals surface area contributed by atoms with Crippen molar-refractivity contribution < 1.29 is 48.3 Å². The van der Waals surface area contributed by atoms with Gasteiger partial charge in [0.05, 0.1) is 46.2 Å². The van der Waals surface area contributed by atoms with Gasteiger partial charge in [-0.25, -0.2) is 14.4 Å². The number of nitro groups is 2. The smallest absolute Gasteiger partial charge is 0.410 e. The normalized spacial score (nSPS) is 22.7. The number of aliphatic hydroxyl groups excluding tert-OH is 1. The van der Waals surface area contributed by atoms with E-state index in [0.717, 1.165) is 0 Å². The van der Waals surface area contributed by atoms with Crippen molar-refractivity contribution in [2.45, 2.75) is 76.4 Å². The van der Waals surface area contributed by atoms with Crippen LogP contribution in [0.2, 0.25) is 0 Å². The van der Waals surface area contributed by atoms with Gasteiger partial charge in [0.2, 0.25) is 5.91 Å². The first kappa shape index (κ1) is 39.9. The monoisotopic (exact) mass is 770 g/mol. The molecule has 54 heavy (non-hydrogen) atoms. The number of carbonyl (C=O) groups is 4. The van der Waals surface area contributed by atoms with Crippen LogP contribution >= 0.6 is 11.8 Å². The fraction of sp³-hybridized carbons (Fsp3) is 0.486. The fourth-order valence-corrected chi connectivity index (χ4v) is 8.30. The lowest BCUT2D eigenvalue weighted by Gasteiger charge is -2.46. The highest BCUT2D eigenvalue weighted by Gasteiger charge is 2.60. The number of fused-ring (bicyclic) bond motifs is 1. The Labute approximate surface area is 314 Å². The molecule has 18 nitrogen and oxygen atoms in total. The van der Waals surface area contributed by atoms with Crippen molar-refractivity contribution in [3.63, 3.8) is 0 Å². The van der Waals surface area contributed by atoms with Gasteiger partial charge in [-0.15, -0.1) is 11.8 Å². The van der Waals surface area contributed by atoms with Gasteiger partial charge in [-0.3, -0.25) is 25.0 Å². The molecular weight excluding hydrogens is 728 g/mol. The summed E-state index contributed by atoms with van der Waals surface area (Å²) in [5, 5.41) is 34.7. The molecule has 3 heterocycles. The molecule has 0 radical (unpaired) electrons. The highest BCUT2D eigenvalue weighted by Crippen LogP contribution is 2.52. The summed E-state index contributed by atoms with van der Waals surface area (Å²) in [6, 6.07) is 9.39. The van der Waals surface area contributed by atoms with Gasteiger partial charge in [-0.2, -0.15) is 0 Å². The number of rotatable bonds is 15. The fourth-order valence-electron chi connectivity index (χ4n) is 6.74. The van der Waals surface area contributed by atoms with E-state index in [9.17, 15) is 44.5 Å². The van der Waals surface area contributed by atoms with Gasteiger partial charge in [-0.05, 0) is 62.6 Å². The summed E-state index contributed by atoms with van der Waals surface area (Å²) in [6.45, 7) is 6.83. The number of nitrogens with one attached hydrogen (secondary N) is 1. The van der Waals surface area contributed by atoms with Gasteiger partial charge in [0.25, 0.3) is 11.4 Å². The molecule has 2 saturated heterocycles. The van der Waals surface area contributed by atoms with E-state index < -0.39 is 63.6 Å². The number of esters is 1. The minimum absolute atomic E-state index is 0.0481. The van der Waals surface area contributed by atoms with Crippen LogP contribution in [-0.4, -0.2) is 97.5 Å². The number of hydrogen-bond donors (Lipinski definition) is 3. The molecule has 2 fully saturated rings. The van der Waals surface area contributed by atoms with Crippen LogP contribution < -0.4 is 11.1 Å². The zero-order valence-corrected chi connectivity index (χ0v) is 30.9. The molecule has 3 aliphatic heterocycles. The second kappa shape index (κ2) is 16.4. The molecule has 0 unspecified atom stereocenters. The Morgan fingerprint density at radius 2 is 1.57 bits per heavy atom. The van der Waals surface area contributed by atoms with Crippen LogP contribution in [0.3, 0.4) is 0 Å². The maximum Gasteiger partial charge on any atom is 0.410 e. The zero-order valence-electron chi connectivity index (χ0n) is 30.0. The molecule has 0 saturated carbocycles. The van der Waals surface area contributed by atoms with Crippen molar-refractivity contribution in [2.75, 3.05) is 19.7 Å². The molecule has 290 valence electrons. The first-order valence-corrected chi connectivity index (χ1v) is 18.0. The Hall–Kier alpha value is -5.27. The first-order chi connectivity index (χ1) is 25.5. The molecule has 3 aliphatic rings. The van der Waals surface area contributed by atoms with Crippen molar-refractivity contribution in [3.05, 3.63) is 90.5 Å². The standard InChI is InChI=1S/C35H42N6O12S/c1-19-28-27(20(2)42)31(43)39(28)29(32(44)51-15-21-5-9-23(10-6-21)40(47)48)30(19)54-26-13-25(17-53-35(3,4)18-37-33(36)45)38(14-26)34(46)52-16-22-7-11-24(12-8-22)41(49)50/h5-12,19-20,25-28,42H,13-18H2,1-4H3,(H3,36,37,45)/t19-,20-,25+,26+,27-,28-/m1/s1. The van der Waals surface area contributed by atoms with Crippen LogP contribution in [0.5, 0.6) is 0 Å². The molecule has 2 aromatic rings. The summed E-state index contributed by atoms with van der Waals surface area (Å²) in [5.74, 6) is -2.29. The van der Waals surface area contributed by atoms with E-state index in [1.165, 1.54) is 77.0 Å². The number of thioether (sulfide) groups is 1. The zero-order chi connectivity index (χ0) is 39.5. The lowest BCUT2D eigenvalue weighted by Crippen LogP contribution is -2.63. The number of nitrogens with two attached hydrogens (primary N) is 1. The van der Waals surface area contributed by atoms with E-state index in [4.69, 9.17) is 19.9 Å². The number of ether oxygens (including phenoxy) is 3. The maximum atomic E-state index is 13.7. The van der Waals surface area contributed by atoms with Crippen LogP contribution in [0, 0.1) is 32.1 Å². The van der Waals surface area contributed by atoms with Gasteiger partial charge in [0.1, 0.15) is 18.9 Å². The number of amides is 4. The minimum Gasteiger partial charge on any atom is -0.456 e. The first-order valence-electron chi connectivity index (χ1n) is 17.1. The number of non-ortho nitro benzene ring substituents is 2. The van der Waals surface area contributed by atoms with Gasteiger partial charge in [0, 0.05) is 53.4 Å². The van der Waals surface area contributed by atoms with E-state index in [1.807, 2.05) is 6.92 Å². The van der Waals surface area contributed by atoms with Crippen LogP contribution in [0.25, 0.3) is 0 Å². The van der Waals surface area contributed by atoms with Crippen LogP contribution in [0.15, 0.2) is 59.1 Å². The lowest BCUT2D eigenvalue weighted by atomic mass is 9.79. The molecule has 0 aromatic heterocycles. The number of primary amides is 1. The van der Waals surface area contributed by atoms with Crippen molar-refractivity contribution in [1.29, 1.82) is 0 Å². The molecule has 6 atom stereocenters. The molecule has 5 rings (SSSR count). The molecule has 0 bridgehead atoms. The van der Waals surface area contributed by atoms with E-state index in [-0.39, 0.29) is 61.1 Å². The number of carbonyl (C=O) groups excluding carboxylic acids is 4. The molecule has 2 aromatic carbocycles. The average Bonchev–Trinajstić information content (AvgIpc) is 3.64. The quantitative estimate of drug-likeness (QED) is 0.102. The van der Waals surface area contributed by atoms with E-state index in [0.29, 0.717) is 22.5 Å². The molecule has 4 N–H and O–H groups in total. The third kappa shape index (κ3) is 8.91. The third-order valence-corrected chi connectivity index (χ3v) is 11.1. The van der Waals surface area contributed by atoms with Crippen molar-refractivity contribution in [3.8, 4) is 0 Å². The Morgan fingerprint density at radius 1 is 1.02 bits per heavy atom. The molecule has 0 aliphatic carbocycles. The van der Waals surface area contributed by atoms with Crippen LogP contribution in [-0.2, 0) is 37.0 Å². The maximum absolute atomic E-state index is 13.7. The van der Waals surface area contributed by atoms with Crippen molar-refractivity contribution in [1.82, 2.24) is 15.1 Å². The van der Waals surface area contributed by atoms with Crippen LogP contribution in [0.4, 0.5) is 21.0 Å². The summed E-state index contributed by atoms with van der Waals surface area (Å²) in [6.07, 6.45) is -1.25. The Morgan fingerprint density at radius 3 is 2.09 bits per heavy atom. The summed E-state index contributed by atoms with van der Waals surface area (Å²) >= 11 is 1.33. The second-order valence-corrected chi connectivity index (χ2v) is 15.4. The van der Waals surface area contributed by atoms with Crippen molar-refractivity contribution >= 4 is 47.1 Å². The number of benzene rings is 2. The molecule has 19 heteroatoms. The van der Waals surface area contributed by atoms with Gasteiger partial charge in [-0.1, -0.05) is 6.92 Å². The number of aliphatic hydroxyl groups is 1. The SMILES string of the molecule is C[C@@H](O)[C@H]1C(=O)N2C(C(=O)OCc3ccc([N+](=O)[O-])cc3)=C(S[C@H]3C[C@@H](COC(C)(C)CNC(N)=O)N(C(=O)OCc4ccc([N+](=O)[O-])cc4)C3)[C@H](C)[C@H]12. The summed E-state index contributed by atoms with van der Waals surface area (Å²) in [4.78, 5) is 76.4. The largest absolute Gasteiger partial charge is 0.456 e. The van der Waals surface area contributed by atoms with E-state index in [2.05, 4.69) is 5.32 Å². The highest BCUT2D eigenvalue weighted by molar-refractivity contribution is 8.03. The van der Waals surface area contributed by atoms with Gasteiger partial charge >= 0.3 is 18.1 Å². The number of nitrogens with zero attached hydrogens (tertiary/aromatic N) is 4. The summed E-state index contributed by atoms with van der Waals surface area (Å²) < 4.78 is 17.4. The number of hydrogen-bond acceptors (Lipinski definition) is 13. The summed E-state index contributed by atoms with van der Waals surface area (Å²) in [7, 11) is 0. The van der Waals surface area contributed by atoms with Gasteiger partial charge in [0.15, 0.2) is 0 Å². The number of urea groups is 1. The summed E-state index contributed by atoms with van der Waals surface area (Å²) in [5.41, 5.74) is 5.23.